The average molecular weight is 369 g/mol. The predicted molar refractivity (Wildman–Crippen MR) is 104 cm³/mol. The number of carbonyl (C=O) groups excluding carboxylic acids is 1. The minimum absolute atomic E-state index is 0.0782. The second kappa shape index (κ2) is 7.82. The van der Waals surface area contributed by atoms with Crippen LogP contribution in [-0.4, -0.2) is 73.2 Å². The monoisotopic (exact) mass is 369 g/mol. The van der Waals surface area contributed by atoms with Crippen LogP contribution in [0, 0.1) is 6.92 Å². The van der Waals surface area contributed by atoms with Gasteiger partial charge in [0.05, 0.1) is 30.0 Å². The molecular formula is C21H27N3O3. The van der Waals surface area contributed by atoms with E-state index in [-0.39, 0.29) is 5.91 Å². The van der Waals surface area contributed by atoms with Gasteiger partial charge in [-0.2, -0.15) is 0 Å². The summed E-state index contributed by atoms with van der Waals surface area (Å²) in [5.74, 6) is 0.852. The Morgan fingerprint density at radius 1 is 1.26 bits per heavy atom. The maximum absolute atomic E-state index is 13.1. The molecule has 2 saturated heterocycles. The van der Waals surface area contributed by atoms with Gasteiger partial charge >= 0.3 is 0 Å². The molecule has 2 aromatic rings. The van der Waals surface area contributed by atoms with Gasteiger partial charge in [0.1, 0.15) is 5.75 Å². The van der Waals surface area contributed by atoms with Gasteiger partial charge in [-0.15, -0.1) is 0 Å². The molecule has 0 bridgehead atoms. The molecule has 1 amide bonds. The molecule has 2 aliphatic rings. The van der Waals surface area contributed by atoms with Crippen molar-refractivity contribution >= 4 is 16.8 Å². The molecular weight excluding hydrogens is 342 g/mol. The van der Waals surface area contributed by atoms with Crippen molar-refractivity contribution in [3.05, 3.63) is 35.5 Å². The summed E-state index contributed by atoms with van der Waals surface area (Å²) < 4.78 is 11.0. The fourth-order valence-electron chi connectivity index (χ4n) is 3.97. The van der Waals surface area contributed by atoms with E-state index in [1.807, 2.05) is 36.1 Å². The van der Waals surface area contributed by atoms with Crippen LogP contribution in [0.1, 0.15) is 28.9 Å². The van der Waals surface area contributed by atoms with Crippen molar-refractivity contribution in [1.29, 1.82) is 0 Å². The lowest BCUT2D eigenvalue weighted by Crippen LogP contribution is -2.50. The molecule has 2 fully saturated rings. The summed E-state index contributed by atoms with van der Waals surface area (Å²) >= 11 is 0. The van der Waals surface area contributed by atoms with Gasteiger partial charge in [-0.25, -0.2) is 0 Å². The number of pyridine rings is 1. The molecule has 144 valence electrons. The normalized spacial score (nSPS) is 21.0. The van der Waals surface area contributed by atoms with E-state index in [1.165, 1.54) is 6.42 Å². The summed E-state index contributed by atoms with van der Waals surface area (Å²) in [5, 5.41) is 0.960. The maximum atomic E-state index is 13.1. The van der Waals surface area contributed by atoms with Gasteiger partial charge in [0, 0.05) is 50.8 Å². The fraction of sp³-hybridized carbons (Fsp3) is 0.524. The van der Waals surface area contributed by atoms with Gasteiger partial charge < -0.3 is 14.4 Å². The van der Waals surface area contributed by atoms with E-state index in [0.717, 1.165) is 68.1 Å². The van der Waals surface area contributed by atoms with Crippen molar-refractivity contribution < 1.29 is 14.3 Å². The number of aryl methyl sites for hydroxylation is 1. The Kier molecular flexibility index (Phi) is 5.27. The molecule has 0 N–H and O–H groups in total. The zero-order valence-corrected chi connectivity index (χ0v) is 16.1. The number of fused-ring (bicyclic) bond motifs is 1. The van der Waals surface area contributed by atoms with Gasteiger partial charge in [-0.3, -0.25) is 14.7 Å². The number of methoxy groups -OCH3 is 1. The van der Waals surface area contributed by atoms with Crippen LogP contribution in [0.4, 0.5) is 0 Å². The molecule has 0 aliphatic carbocycles. The van der Waals surface area contributed by atoms with E-state index in [2.05, 4.69) is 9.88 Å². The molecule has 4 rings (SSSR count). The van der Waals surface area contributed by atoms with E-state index in [4.69, 9.17) is 9.47 Å². The van der Waals surface area contributed by atoms with Gasteiger partial charge in [-0.1, -0.05) is 0 Å². The van der Waals surface area contributed by atoms with Crippen molar-refractivity contribution in [2.75, 3.05) is 46.4 Å². The van der Waals surface area contributed by atoms with Crippen molar-refractivity contribution in [3.8, 4) is 5.75 Å². The largest absolute Gasteiger partial charge is 0.497 e. The highest BCUT2D eigenvalue weighted by Gasteiger charge is 2.26. The molecule has 0 spiro atoms. The van der Waals surface area contributed by atoms with Crippen molar-refractivity contribution in [2.24, 2.45) is 0 Å². The Labute approximate surface area is 160 Å². The lowest BCUT2D eigenvalue weighted by atomic mass is 10.1. The molecule has 6 nitrogen and oxygen atoms in total. The molecule has 6 heteroatoms. The Hall–Kier alpha value is -2.18. The lowest BCUT2D eigenvalue weighted by molar-refractivity contribution is 0.0432. The first-order valence-electron chi connectivity index (χ1n) is 9.72. The summed E-state index contributed by atoms with van der Waals surface area (Å²) in [4.78, 5) is 22.0. The van der Waals surface area contributed by atoms with Gasteiger partial charge in [0.15, 0.2) is 0 Å². The number of piperazine rings is 1. The number of benzene rings is 1. The fourth-order valence-corrected chi connectivity index (χ4v) is 3.97. The Morgan fingerprint density at radius 3 is 2.78 bits per heavy atom. The Morgan fingerprint density at radius 2 is 2.07 bits per heavy atom. The highest BCUT2D eigenvalue weighted by atomic mass is 16.5. The van der Waals surface area contributed by atoms with E-state index in [1.54, 1.807) is 7.11 Å². The highest BCUT2D eigenvalue weighted by molar-refractivity contribution is 5.98. The zero-order valence-electron chi connectivity index (χ0n) is 16.1. The first-order valence-corrected chi connectivity index (χ1v) is 9.72. The maximum Gasteiger partial charge on any atom is 0.255 e. The SMILES string of the molecule is COc1ccc2cc(C(=O)N3CCN(CC4CCCO4)CC3)c(C)nc2c1. The molecule has 1 atom stereocenters. The standard InChI is InChI=1S/C21H27N3O3/c1-15-19(12-16-5-6-17(26-2)13-20(16)22-15)21(25)24-9-7-23(8-10-24)14-18-4-3-11-27-18/h5-6,12-13,18H,3-4,7-11,14H2,1-2H3. The van der Waals surface area contributed by atoms with Crippen LogP contribution in [0.5, 0.6) is 5.75 Å². The van der Waals surface area contributed by atoms with Crippen LogP contribution in [0.25, 0.3) is 10.9 Å². The summed E-state index contributed by atoms with van der Waals surface area (Å²) in [7, 11) is 1.64. The van der Waals surface area contributed by atoms with E-state index in [0.29, 0.717) is 11.7 Å². The van der Waals surface area contributed by atoms with Crippen LogP contribution >= 0.6 is 0 Å². The van der Waals surface area contributed by atoms with Crippen LogP contribution in [-0.2, 0) is 4.74 Å². The van der Waals surface area contributed by atoms with E-state index in [9.17, 15) is 4.79 Å². The molecule has 1 unspecified atom stereocenters. The van der Waals surface area contributed by atoms with Crippen molar-refractivity contribution in [1.82, 2.24) is 14.8 Å². The number of hydrogen-bond donors (Lipinski definition) is 0. The highest BCUT2D eigenvalue weighted by Crippen LogP contribution is 2.23. The molecule has 27 heavy (non-hydrogen) atoms. The summed E-state index contributed by atoms with van der Waals surface area (Å²) in [6, 6.07) is 7.72. The third-order valence-corrected chi connectivity index (χ3v) is 5.59. The first kappa shape index (κ1) is 18.2. The van der Waals surface area contributed by atoms with Gasteiger partial charge in [-0.05, 0) is 38.0 Å². The summed E-state index contributed by atoms with van der Waals surface area (Å²) in [6.07, 6.45) is 2.70. The Balaban J connectivity index is 1.44. The second-order valence-electron chi connectivity index (χ2n) is 7.41. The lowest BCUT2D eigenvalue weighted by Gasteiger charge is -2.35. The van der Waals surface area contributed by atoms with Crippen LogP contribution < -0.4 is 4.74 Å². The predicted octanol–water partition coefficient (Wildman–Crippen LogP) is 2.49. The van der Waals surface area contributed by atoms with Crippen LogP contribution in [0.2, 0.25) is 0 Å². The molecule has 0 saturated carbocycles. The van der Waals surface area contributed by atoms with Crippen molar-refractivity contribution in [3.63, 3.8) is 0 Å². The number of ether oxygens (including phenoxy) is 2. The minimum Gasteiger partial charge on any atom is -0.497 e. The number of amides is 1. The van der Waals surface area contributed by atoms with Crippen LogP contribution in [0.3, 0.4) is 0 Å². The zero-order chi connectivity index (χ0) is 18.8. The third kappa shape index (κ3) is 3.92. The number of carbonyl (C=O) groups is 1. The molecule has 1 aromatic heterocycles. The van der Waals surface area contributed by atoms with E-state index >= 15 is 0 Å². The topological polar surface area (TPSA) is 54.9 Å². The summed E-state index contributed by atoms with van der Waals surface area (Å²) in [5.41, 5.74) is 2.31. The quantitative estimate of drug-likeness (QED) is 0.829. The first-order chi connectivity index (χ1) is 13.1. The van der Waals surface area contributed by atoms with E-state index < -0.39 is 0 Å². The average Bonchev–Trinajstić information content (AvgIpc) is 3.20. The number of aromatic nitrogens is 1. The number of rotatable bonds is 4. The number of hydrogen-bond acceptors (Lipinski definition) is 5. The smallest absolute Gasteiger partial charge is 0.255 e. The Bertz CT molecular complexity index is 825. The van der Waals surface area contributed by atoms with Gasteiger partial charge in [0.2, 0.25) is 0 Å². The third-order valence-electron chi connectivity index (χ3n) is 5.59. The summed E-state index contributed by atoms with van der Waals surface area (Å²) in [6.45, 7) is 7.10. The van der Waals surface area contributed by atoms with Crippen molar-refractivity contribution in [2.45, 2.75) is 25.9 Å². The molecule has 3 heterocycles. The molecule has 1 aromatic carbocycles. The van der Waals surface area contributed by atoms with Crippen LogP contribution in [0.15, 0.2) is 24.3 Å². The second-order valence-corrected chi connectivity index (χ2v) is 7.41. The minimum atomic E-state index is 0.0782. The molecule has 0 radical (unpaired) electrons. The molecule has 2 aliphatic heterocycles. The van der Waals surface area contributed by atoms with Gasteiger partial charge in [0.25, 0.3) is 5.91 Å². The number of nitrogens with zero attached hydrogens (tertiary/aromatic N) is 3.